The second kappa shape index (κ2) is 7.99. The Kier molecular flexibility index (Phi) is 5.25. The zero-order chi connectivity index (χ0) is 20.4. The SMILES string of the molecule is O=C(O)c1ccc(-c2cc(-c3cccnc3)nc(-c3cc(Cl)cc(Cl)c3)n2)cc1. The van der Waals surface area contributed by atoms with Gasteiger partial charge in [-0.2, -0.15) is 0 Å². The van der Waals surface area contributed by atoms with Gasteiger partial charge in [-0.3, -0.25) is 4.98 Å². The molecular weight excluding hydrogens is 409 g/mol. The summed E-state index contributed by atoms with van der Waals surface area (Å²) in [5.74, 6) is -0.530. The number of pyridine rings is 1. The Morgan fingerprint density at radius 1 is 0.793 bits per heavy atom. The van der Waals surface area contributed by atoms with Crippen LogP contribution in [0.1, 0.15) is 10.4 Å². The number of halogens is 2. The summed E-state index contributed by atoms with van der Waals surface area (Å²) in [5.41, 5.74) is 3.79. The van der Waals surface area contributed by atoms with Gasteiger partial charge < -0.3 is 5.11 Å². The second-order valence-corrected chi connectivity index (χ2v) is 7.12. The summed E-state index contributed by atoms with van der Waals surface area (Å²) in [5, 5.41) is 10.1. The molecule has 0 aliphatic rings. The molecule has 5 nitrogen and oxygen atoms in total. The maximum Gasteiger partial charge on any atom is 0.335 e. The molecule has 0 fully saturated rings. The fourth-order valence-electron chi connectivity index (χ4n) is 2.85. The average Bonchev–Trinajstić information content (AvgIpc) is 2.73. The molecule has 0 atom stereocenters. The molecule has 0 radical (unpaired) electrons. The van der Waals surface area contributed by atoms with Gasteiger partial charge in [0.05, 0.1) is 17.0 Å². The highest BCUT2D eigenvalue weighted by atomic mass is 35.5. The fourth-order valence-corrected chi connectivity index (χ4v) is 3.38. The normalized spacial score (nSPS) is 10.7. The molecule has 7 heteroatoms. The van der Waals surface area contributed by atoms with Crippen molar-refractivity contribution in [3.05, 3.63) is 88.7 Å². The third kappa shape index (κ3) is 4.26. The summed E-state index contributed by atoms with van der Waals surface area (Å²) in [4.78, 5) is 24.6. The van der Waals surface area contributed by atoms with Crippen LogP contribution >= 0.6 is 23.2 Å². The third-order valence-corrected chi connectivity index (χ3v) is 4.67. The molecule has 0 bridgehead atoms. The zero-order valence-electron chi connectivity index (χ0n) is 14.9. The van der Waals surface area contributed by atoms with Crippen LogP contribution in [0, 0.1) is 0 Å². The van der Waals surface area contributed by atoms with Crippen LogP contribution in [0.3, 0.4) is 0 Å². The number of carboxylic acids is 1. The lowest BCUT2D eigenvalue weighted by Gasteiger charge is -2.10. The lowest BCUT2D eigenvalue weighted by Crippen LogP contribution is -1.98. The molecule has 29 heavy (non-hydrogen) atoms. The maximum atomic E-state index is 11.1. The van der Waals surface area contributed by atoms with E-state index in [-0.39, 0.29) is 5.56 Å². The number of rotatable bonds is 4. The van der Waals surface area contributed by atoms with Gasteiger partial charge in [0.25, 0.3) is 0 Å². The minimum absolute atomic E-state index is 0.206. The lowest BCUT2D eigenvalue weighted by molar-refractivity contribution is 0.0697. The van der Waals surface area contributed by atoms with E-state index in [1.807, 2.05) is 18.2 Å². The Balaban J connectivity index is 1.89. The molecule has 2 aromatic heterocycles. The van der Waals surface area contributed by atoms with Crippen molar-refractivity contribution in [2.75, 3.05) is 0 Å². The molecule has 0 saturated carbocycles. The van der Waals surface area contributed by atoms with E-state index in [1.54, 1.807) is 54.9 Å². The molecule has 4 rings (SSSR count). The van der Waals surface area contributed by atoms with Crippen molar-refractivity contribution in [3.63, 3.8) is 0 Å². The standard InChI is InChI=1S/C22H13Cl2N3O2/c23-17-8-16(9-18(24)10-17)21-26-19(13-3-5-14(6-4-13)22(28)29)11-20(27-21)15-2-1-7-25-12-15/h1-12H,(H,28,29). The zero-order valence-corrected chi connectivity index (χ0v) is 16.4. The minimum atomic E-state index is -0.982. The monoisotopic (exact) mass is 421 g/mol. The predicted octanol–water partition coefficient (Wildman–Crippen LogP) is 5.88. The smallest absolute Gasteiger partial charge is 0.335 e. The van der Waals surface area contributed by atoms with E-state index < -0.39 is 5.97 Å². The second-order valence-electron chi connectivity index (χ2n) is 6.24. The molecule has 2 heterocycles. The number of aromatic nitrogens is 3. The Hall–Kier alpha value is -3.28. The molecule has 0 amide bonds. The highest BCUT2D eigenvalue weighted by molar-refractivity contribution is 6.35. The van der Waals surface area contributed by atoms with Gasteiger partial charge in [-0.05, 0) is 48.5 Å². The topological polar surface area (TPSA) is 76.0 Å². The number of hydrogen-bond donors (Lipinski definition) is 1. The number of carbonyl (C=O) groups is 1. The molecule has 142 valence electrons. The molecule has 0 spiro atoms. The van der Waals surface area contributed by atoms with Gasteiger partial charge in [-0.15, -0.1) is 0 Å². The van der Waals surface area contributed by atoms with Gasteiger partial charge in [0.1, 0.15) is 0 Å². The van der Waals surface area contributed by atoms with Crippen LogP contribution in [0.5, 0.6) is 0 Å². The first kappa shape index (κ1) is 19.1. The van der Waals surface area contributed by atoms with E-state index in [9.17, 15) is 4.79 Å². The van der Waals surface area contributed by atoms with Crippen molar-refractivity contribution < 1.29 is 9.90 Å². The van der Waals surface area contributed by atoms with Gasteiger partial charge in [0, 0.05) is 39.1 Å². The Labute approximate surface area is 176 Å². The van der Waals surface area contributed by atoms with Crippen LogP contribution in [-0.4, -0.2) is 26.0 Å². The van der Waals surface area contributed by atoms with Crippen LogP contribution in [0.4, 0.5) is 0 Å². The summed E-state index contributed by atoms with van der Waals surface area (Å²) in [6.45, 7) is 0. The van der Waals surface area contributed by atoms with Gasteiger partial charge in [-0.25, -0.2) is 14.8 Å². The van der Waals surface area contributed by atoms with Crippen LogP contribution in [-0.2, 0) is 0 Å². The van der Waals surface area contributed by atoms with E-state index in [1.165, 1.54) is 0 Å². The van der Waals surface area contributed by atoms with Crippen molar-refractivity contribution in [2.24, 2.45) is 0 Å². The average molecular weight is 422 g/mol. The first-order valence-corrected chi connectivity index (χ1v) is 9.35. The molecular formula is C22H13Cl2N3O2. The number of carboxylic acid groups (broad SMARTS) is 1. The highest BCUT2D eigenvalue weighted by Crippen LogP contribution is 2.30. The van der Waals surface area contributed by atoms with E-state index in [0.29, 0.717) is 32.8 Å². The maximum absolute atomic E-state index is 11.1. The predicted molar refractivity (Wildman–Crippen MR) is 113 cm³/mol. The first-order valence-electron chi connectivity index (χ1n) is 8.59. The van der Waals surface area contributed by atoms with E-state index in [4.69, 9.17) is 28.3 Å². The molecule has 0 unspecified atom stereocenters. The van der Waals surface area contributed by atoms with Crippen molar-refractivity contribution in [1.82, 2.24) is 15.0 Å². The van der Waals surface area contributed by atoms with Crippen LogP contribution in [0.25, 0.3) is 33.9 Å². The molecule has 4 aromatic rings. The van der Waals surface area contributed by atoms with E-state index in [0.717, 1.165) is 11.1 Å². The Bertz CT molecular complexity index is 1180. The van der Waals surface area contributed by atoms with Gasteiger partial charge >= 0.3 is 5.97 Å². The number of hydrogen-bond acceptors (Lipinski definition) is 4. The van der Waals surface area contributed by atoms with Crippen LogP contribution < -0.4 is 0 Å². The van der Waals surface area contributed by atoms with Crippen molar-refractivity contribution in [2.45, 2.75) is 0 Å². The Morgan fingerprint density at radius 2 is 1.45 bits per heavy atom. The molecule has 0 saturated heterocycles. The third-order valence-electron chi connectivity index (χ3n) is 4.23. The number of nitrogens with zero attached hydrogens (tertiary/aromatic N) is 3. The first-order chi connectivity index (χ1) is 14.0. The molecule has 0 aliphatic carbocycles. The quantitative estimate of drug-likeness (QED) is 0.445. The number of benzene rings is 2. The van der Waals surface area contributed by atoms with Crippen LogP contribution in [0.15, 0.2) is 73.1 Å². The van der Waals surface area contributed by atoms with Crippen molar-refractivity contribution in [3.8, 4) is 33.9 Å². The van der Waals surface area contributed by atoms with Crippen molar-refractivity contribution in [1.29, 1.82) is 0 Å². The van der Waals surface area contributed by atoms with Gasteiger partial charge in [-0.1, -0.05) is 35.3 Å². The summed E-state index contributed by atoms with van der Waals surface area (Å²) in [6.07, 6.45) is 3.41. The molecule has 1 N–H and O–H groups in total. The van der Waals surface area contributed by atoms with Gasteiger partial charge in [0.15, 0.2) is 5.82 Å². The lowest BCUT2D eigenvalue weighted by atomic mass is 10.1. The largest absolute Gasteiger partial charge is 0.478 e. The molecule has 0 aliphatic heterocycles. The summed E-state index contributed by atoms with van der Waals surface area (Å²) in [7, 11) is 0. The van der Waals surface area contributed by atoms with E-state index >= 15 is 0 Å². The van der Waals surface area contributed by atoms with Crippen molar-refractivity contribution >= 4 is 29.2 Å². The van der Waals surface area contributed by atoms with Crippen LogP contribution in [0.2, 0.25) is 10.0 Å². The summed E-state index contributed by atoms with van der Waals surface area (Å²) >= 11 is 12.3. The van der Waals surface area contributed by atoms with Gasteiger partial charge in [0.2, 0.25) is 0 Å². The number of aromatic carboxylic acids is 1. The Morgan fingerprint density at radius 3 is 2.03 bits per heavy atom. The highest BCUT2D eigenvalue weighted by Gasteiger charge is 2.12. The summed E-state index contributed by atoms with van der Waals surface area (Å²) < 4.78 is 0. The molecule has 2 aromatic carbocycles. The van der Waals surface area contributed by atoms with E-state index in [2.05, 4.69) is 15.0 Å². The minimum Gasteiger partial charge on any atom is -0.478 e. The summed E-state index contributed by atoms with van der Waals surface area (Å²) in [6, 6.07) is 17.2. The fraction of sp³-hybridized carbons (Fsp3) is 0.